The van der Waals surface area contributed by atoms with Gasteiger partial charge in [0.1, 0.15) is 11.9 Å². The summed E-state index contributed by atoms with van der Waals surface area (Å²) < 4.78 is 11.6. The first-order valence-corrected chi connectivity index (χ1v) is 10.3. The third-order valence-corrected chi connectivity index (χ3v) is 8.38. The molecular weight excluding hydrogens is 356 g/mol. The minimum absolute atomic E-state index is 0.189. The topological polar surface area (TPSA) is 71.4 Å². The highest BCUT2D eigenvalue weighted by molar-refractivity contribution is 6.08. The van der Waals surface area contributed by atoms with Crippen molar-refractivity contribution in [3.63, 3.8) is 0 Å². The highest BCUT2D eigenvalue weighted by Gasteiger charge is 2.75. The molecule has 6 aliphatic rings. The van der Waals surface area contributed by atoms with Crippen molar-refractivity contribution in [1.29, 1.82) is 0 Å². The van der Waals surface area contributed by atoms with Crippen LogP contribution < -0.4 is 4.74 Å². The molecule has 1 aliphatic carbocycles. The monoisotopic (exact) mass is 382 g/mol. The summed E-state index contributed by atoms with van der Waals surface area (Å²) in [5.41, 5.74) is 2.97. The normalized spacial score (nSPS) is 46.2. The second-order valence-corrected chi connectivity index (χ2v) is 9.18. The Morgan fingerprint density at radius 3 is 2.96 bits per heavy atom. The van der Waals surface area contributed by atoms with Crippen molar-refractivity contribution in [2.45, 2.75) is 56.3 Å². The van der Waals surface area contributed by atoms with Crippen molar-refractivity contribution in [2.24, 2.45) is 22.7 Å². The molecule has 0 aromatic heterocycles. The van der Waals surface area contributed by atoms with E-state index < -0.39 is 0 Å². The molecule has 5 bridgehead atoms. The zero-order valence-corrected chi connectivity index (χ0v) is 16.5. The molecule has 1 N–H and O–H groups in total. The number of benzene rings is 1. The summed E-state index contributed by atoms with van der Waals surface area (Å²) in [6, 6.07) is 7.07. The number of aliphatic imine (C=N–C) groups is 1. The van der Waals surface area contributed by atoms with Gasteiger partial charge in [0.2, 0.25) is 0 Å². The van der Waals surface area contributed by atoms with E-state index >= 15 is 0 Å². The number of ether oxygens (including phenoxy) is 2. The molecule has 1 saturated carbocycles. The van der Waals surface area contributed by atoms with E-state index in [0.29, 0.717) is 18.0 Å². The Morgan fingerprint density at radius 2 is 2.25 bits per heavy atom. The van der Waals surface area contributed by atoms with Crippen molar-refractivity contribution in [1.82, 2.24) is 4.90 Å². The lowest BCUT2D eigenvalue weighted by Gasteiger charge is -2.61. The highest BCUT2D eigenvalue weighted by atomic mass is 16.5. The van der Waals surface area contributed by atoms with Crippen LogP contribution in [0, 0.1) is 17.8 Å². The van der Waals surface area contributed by atoms with Gasteiger partial charge in [-0.25, -0.2) is 0 Å². The van der Waals surface area contributed by atoms with Crippen LogP contribution in [0.4, 0.5) is 5.69 Å². The number of carbonyl (C=O) groups is 1. The van der Waals surface area contributed by atoms with E-state index in [-0.39, 0.29) is 42.0 Å². The molecule has 4 saturated heterocycles. The minimum Gasteiger partial charge on any atom is -0.497 e. The molecule has 5 aliphatic heterocycles. The van der Waals surface area contributed by atoms with E-state index in [9.17, 15) is 9.90 Å². The van der Waals surface area contributed by atoms with Crippen molar-refractivity contribution in [3.05, 3.63) is 23.8 Å². The highest BCUT2D eigenvalue weighted by Crippen LogP contribution is 2.67. The third kappa shape index (κ3) is 1.73. The summed E-state index contributed by atoms with van der Waals surface area (Å²) in [7, 11) is 1.68. The Hall–Kier alpha value is -1.92. The summed E-state index contributed by atoms with van der Waals surface area (Å²) in [5, 5.41) is 10.1. The summed E-state index contributed by atoms with van der Waals surface area (Å²) in [4.78, 5) is 19.9. The molecule has 7 rings (SSSR count). The van der Waals surface area contributed by atoms with E-state index in [0.717, 1.165) is 29.8 Å². The number of fused-ring (bicyclic) bond motifs is 2. The number of piperidine rings is 4. The quantitative estimate of drug-likeness (QED) is 0.811. The fourth-order valence-electron chi connectivity index (χ4n) is 7.57. The van der Waals surface area contributed by atoms with Crippen LogP contribution in [0.25, 0.3) is 0 Å². The molecule has 1 aromatic rings. The van der Waals surface area contributed by atoms with Gasteiger partial charge in [-0.1, -0.05) is 0 Å². The fraction of sp³-hybridized carbons (Fsp3) is 0.636. The number of aliphatic hydroxyl groups is 1. The van der Waals surface area contributed by atoms with Crippen molar-refractivity contribution >= 4 is 17.4 Å². The first-order chi connectivity index (χ1) is 13.5. The number of esters is 1. The molecule has 1 spiro atoms. The van der Waals surface area contributed by atoms with Crippen LogP contribution in [0.1, 0.15) is 32.3 Å². The molecule has 1 aromatic carbocycles. The lowest BCUT2D eigenvalue weighted by molar-refractivity contribution is -0.160. The Morgan fingerprint density at radius 1 is 1.43 bits per heavy atom. The van der Waals surface area contributed by atoms with E-state index in [1.807, 2.05) is 12.1 Å². The van der Waals surface area contributed by atoms with Gasteiger partial charge >= 0.3 is 5.97 Å². The van der Waals surface area contributed by atoms with Gasteiger partial charge in [-0.2, -0.15) is 0 Å². The molecule has 148 valence electrons. The number of methoxy groups -OCH3 is 1. The first kappa shape index (κ1) is 17.0. The molecule has 0 radical (unpaired) electrons. The second kappa shape index (κ2) is 5.36. The SMILES string of the molecule is COc1ccc2c(c1)[C@]13C[C@H]4[C@H]([C@H]5C[C@@H](C1=N2)N4[C@@H](C)[C@@H]5CO)[C@H]3OC(C)=O. The van der Waals surface area contributed by atoms with E-state index in [2.05, 4.69) is 17.9 Å². The Balaban J connectivity index is 1.58. The predicted octanol–water partition coefficient (Wildman–Crippen LogP) is 2.05. The number of nitrogens with zero attached hydrogens (tertiary/aromatic N) is 2. The molecule has 6 heteroatoms. The average molecular weight is 382 g/mol. The second-order valence-electron chi connectivity index (χ2n) is 9.18. The average Bonchev–Trinajstić information content (AvgIpc) is 3.14. The summed E-state index contributed by atoms with van der Waals surface area (Å²) in [6.45, 7) is 3.94. The minimum atomic E-state index is -0.342. The van der Waals surface area contributed by atoms with Gasteiger partial charge in [0.15, 0.2) is 0 Å². The van der Waals surface area contributed by atoms with Crippen LogP contribution >= 0.6 is 0 Å². The van der Waals surface area contributed by atoms with E-state index in [1.54, 1.807) is 7.11 Å². The maximum absolute atomic E-state index is 12.2. The van der Waals surface area contributed by atoms with Crippen LogP contribution in [0.3, 0.4) is 0 Å². The number of hydrogen-bond acceptors (Lipinski definition) is 6. The van der Waals surface area contributed by atoms with Gasteiger partial charge in [0.05, 0.1) is 30.0 Å². The van der Waals surface area contributed by atoms with E-state index in [1.165, 1.54) is 12.6 Å². The molecule has 1 unspecified atom stereocenters. The van der Waals surface area contributed by atoms with Crippen LogP contribution in [0.2, 0.25) is 0 Å². The largest absolute Gasteiger partial charge is 0.497 e. The van der Waals surface area contributed by atoms with Crippen LogP contribution in [-0.4, -0.2) is 59.6 Å². The Kier molecular flexibility index (Phi) is 3.25. The number of rotatable bonds is 3. The smallest absolute Gasteiger partial charge is 0.302 e. The molecule has 6 nitrogen and oxygen atoms in total. The zero-order valence-electron chi connectivity index (χ0n) is 16.5. The van der Waals surface area contributed by atoms with Crippen LogP contribution in [-0.2, 0) is 14.9 Å². The Labute approximate surface area is 164 Å². The summed E-state index contributed by atoms with van der Waals surface area (Å²) in [5.74, 6) is 1.43. The lowest BCUT2D eigenvalue weighted by Crippen LogP contribution is -2.70. The van der Waals surface area contributed by atoms with Crippen molar-refractivity contribution < 1.29 is 19.4 Å². The fourth-order valence-corrected chi connectivity index (χ4v) is 7.57. The number of aliphatic hydroxyl groups excluding tert-OH is 1. The standard InChI is InChI=1S/C22H26N2O4/c1-10-14(9-25)13-7-17-20-22(15-6-12(27-3)4-5-16(15)23-20)8-18(24(10)17)19(13)21(22)28-11(2)26/h4-6,10,13-14,17-19,21,25H,7-9H2,1-3H3/t10-,13-,14-,17-,18-,19-,21+,22+/m0/s1. The van der Waals surface area contributed by atoms with Gasteiger partial charge in [-0.15, -0.1) is 0 Å². The molecule has 5 fully saturated rings. The van der Waals surface area contributed by atoms with Gasteiger partial charge in [-0.05, 0) is 49.4 Å². The molecule has 5 heterocycles. The van der Waals surface area contributed by atoms with Gasteiger partial charge < -0.3 is 14.6 Å². The number of carbonyl (C=O) groups excluding carboxylic acids is 1. The van der Waals surface area contributed by atoms with Gasteiger partial charge in [0.25, 0.3) is 0 Å². The van der Waals surface area contributed by atoms with Gasteiger partial charge in [0, 0.05) is 37.5 Å². The van der Waals surface area contributed by atoms with Crippen molar-refractivity contribution in [3.8, 4) is 5.75 Å². The molecular formula is C22H26N2O4. The first-order valence-electron chi connectivity index (χ1n) is 10.3. The van der Waals surface area contributed by atoms with Crippen LogP contribution in [0.15, 0.2) is 23.2 Å². The zero-order chi connectivity index (χ0) is 19.4. The molecule has 9 atom stereocenters. The third-order valence-electron chi connectivity index (χ3n) is 8.38. The predicted molar refractivity (Wildman–Crippen MR) is 103 cm³/mol. The summed E-state index contributed by atoms with van der Waals surface area (Å²) >= 11 is 0. The Bertz CT molecular complexity index is 914. The number of hydrogen-bond donors (Lipinski definition) is 1. The van der Waals surface area contributed by atoms with Crippen molar-refractivity contribution in [2.75, 3.05) is 13.7 Å². The van der Waals surface area contributed by atoms with E-state index in [4.69, 9.17) is 14.5 Å². The van der Waals surface area contributed by atoms with Crippen LogP contribution in [0.5, 0.6) is 5.75 Å². The molecule has 28 heavy (non-hydrogen) atoms. The lowest BCUT2D eigenvalue weighted by atomic mass is 9.62. The van der Waals surface area contributed by atoms with Gasteiger partial charge in [-0.3, -0.25) is 14.7 Å². The maximum atomic E-state index is 12.2. The molecule has 0 amide bonds. The maximum Gasteiger partial charge on any atom is 0.302 e. The summed E-state index contributed by atoms with van der Waals surface area (Å²) in [6.07, 6.45) is 1.72.